The minimum absolute atomic E-state index is 0.340. The average Bonchev–Trinajstić information content (AvgIpc) is 4.09. The molecule has 0 bridgehead atoms. The lowest BCUT2D eigenvalue weighted by Gasteiger charge is -2.26. The van der Waals surface area contributed by atoms with Crippen LogP contribution in [0.25, 0.3) is 111 Å². The number of para-hydroxylation sites is 5. The quantitative estimate of drug-likeness (QED) is 0.177. The van der Waals surface area contributed by atoms with Crippen molar-refractivity contribution < 1.29 is 4.42 Å². The van der Waals surface area contributed by atoms with Gasteiger partial charge in [0, 0.05) is 49.0 Å². The van der Waals surface area contributed by atoms with Crippen LogP contribution in [0.3, 0.4) is 0 Å². The Balaban J connectivity index is 1.33. The van der Waals surface area contributed by atoms with Gasteiger partial charge in [0.05, 0.1) is 56.3 Å². The summed E-state index contributed by atoms with van der Waals surface area (Å²) < 4.78 is 13.1. The third kappa shape index (κ3) is 4.71. The van der Waals surface area contributed by atoms with Crippen LogP contribution >= 0.6 is 0 Å². The van der Waals surface area contributed by atoms with Crippen LogP contribution in [0.4, 0.5) is 0 Å². The number of furan rings is 1. The third-order valence-electron chi connectivity index (χ3n) is 13.2. The molecule has 0 spiro atoms. The normalized spacial score (nSPS) is 12.5. The van der Waals surface area contributed by atoms with Gasteiger partial charge in [0.25, 0.3) is 0 Å². The molecule has 8 aromatic carbocycles. The van der Waals surface area contributed by atoms with Crippen LogP contribution in [0.1, 0.15) is 34.4 Å². The Hall–Kier alpha value is -9.09. The maximum Gasteiger partial charge on any atom is 0.136 e. The molecule has 1 aliphatic carbocycles. The zero-order valence-corrected chi connectivity index (χ0v) is 34.2. The highest BCUT2D eigenvalue weighted by Gasteiger charge is 2.34. The molecule has 0 N–H and O–H groups in total. The standard InChI is InChI=1S/C57H32N6O/c58-31-34-25-27-35(28-26-34)52-56(61-44-19-7-1-13-36(44)37-14-2-8-20-45(37)61)42(32-59)55(43(33-60)57(52)62-46-21-9-3-15-38(46)39-16-4-10-22-47(39)62)63-48-23-11-5-17-40(48)53-49(63)29-30-51-54(53)41-18-6-12-24-50(41)64-51/h1-3,5-15,17-30H,4,16H2. The largest absolute Gasteiger partial charge is 0.456 e. The lowest BCUT2D eigenvalue weighted by atomic mass is 9.91. The maximum atomic E-state index is 12.1. The van der Waals surface area contributed by atoms with E-state index in [0.717, 1.165) is 101 Å². The van der Waals surface area contributed by atoms with E-state index in [1.165, 1.54) is 5.56 Å². The minimum atomic E-state index is 0.340. The molecular weight excluding hydrogens is 785 g/mol. The van der Waals surface area contributed by atoms with Gasteiger partial charge >= 0.3 is 0 Å². The highest BCUT2D eigenvalue weighted by Crippen LogP contribution is 2.50. The van der Waals surface area contributed by atoms with Gasteiger partial charge in [-0.15, -0.1) is 0 Å². The lowest BCUT2D eigenvalue weighted by Crippen LogP contribution is -2.14. The van der Waals surface area contributed by atoms with Gasteiger partial charge in [-0.05, 0) is 84.6 Å². The second-order valence-corrected chi connectivity index (χ2v) is 16.4. The van der Waals surface area contributed by atoms with E-state index in [4.69, 9.17) is 4.42 Å². The summed E-state index contributed by atoms with van der Waals surface area (Å²) in [5.41, 5.74) is 12.7. The molecule has 4 aromatic heterocycles. The number of hydrogen-bond donors (Lipinski definition) is 0. The second-order valence-electron chi connectivity index (χ2n) is 16.4. The van der Waals surface area contributed by atoms with Crippen LogP contribution in [-0.2, 0) is 6.42 Å². The van der Waals surface area contributed by atoms with Gasteiger partial charge in [-0.3, -0.25) is 0 Å². The zero-order chi connectivity index (χ0) is 42.6. The Morgan fingerprint density at radius 2 is 0.984 bits per heavy atom. The molecule has 0 aliphatic heterocycles. The molecule has 0 fully saturated rings. The molecule has 7 nitrogen and oxygen atoms in total. The summed E-state index contributed by atoms with van der Waals surface area (Å²) in [6, 6.07) is 60.8. The van der Waals surface area contributed by atoms with E-state index >= 15 is 0 Å². The first kappa shape index (κ1) is 35.6. The Morgan fingerprint density at radius 3 is 1.64 bits per heavy atom. The molecule has 0 amide bonds. The summed E-state index contributed by atoms with van der Waals surface area (Å²) in [4.78, 5) is 0. The number of benzene rings is 8. The Kier molecular flexibility index (Phi) is 7.49. The first-order valence-electron chi connectivity index (χ1n) is 21.3. The van der Waals surface area contributed by atoms with Crippen molar-refractivity contribution in [1.82, 2.24) is 13.7 Å². The van der Waals surface area contributed by atoms with Crippen LogP contribution in [0, 0.1) is 34.0 Å². The Bertz CT molecular complexity index is 4110. The number of fused-ring (bicyclic) bond motifs is 13. The van der Waals surface area contributed by atoms with E-state index in [0.29, 0.717) is 39.3 Å². The number of rotatable bonds is 4. The van der Waals surface area contributed by atoms with Gasteiger partial charge in [-0.25, -0.2) is 0 Å². The minimum Gasteiger partial charge on any atom is -0.456 e. The predicted molar refractivity (Wildman–Crippen MR) is 256 cm³/mol. The van der Waals surface area contributed by atoms with Crippen molar-refractivity contribution in [2.75, 3.05) is 0 Å². The molecular formula is C57H32N6O. The topological polar surface area (TPSA) is 99.3 Å². The van der Waals surface area contributed by atoms with E-state index < -0.39 is 0 Å². The molecule has 4 heterocycles. The number of hydrogen-bond acceptors (Lipinski definition) is 4. The van der Waals surface area contributed by atoms with Gasteiger partial charge < -0.3 is 18.1 Å². The number of aromatic nitrogens is 3. The van der Waals surface area contributed by atoms with Crippen LogP contribution < -0.4 is 0 Å². The van der Waals surface area contributed by atoms with E-state index in [2.05, 4.69) is 111 Å². The molecule has 0 saturated carbocycles. The highest BCUT2D eigenvalue weighted by atomic mass is 16.3. The smallest absolute Gasteiger partial charge is 0.136 e. The average molecular weight is 817 g/mol. The van der Waals surface area contributed by atoms with Gasteiger partial charge in [-0.1, -0.05) is 109 Å². The molecule has 7 heteroatoms. The Morgan fingerprint density at radius 1 is 0.438 bits per heavy atom. The molecule has 12 aromatic rings. The summed E-state index contributed by atoms with van der Waals surface area (Å²) in [6.07, 6.45) is 6.13. The van der Waals surface area contributed by atoms with E-state index in [9.17, 15) is 15.8 Å². The molecule has 296 valence electrons. The maximum absolute atomic E-state index is 12.1. The molecule has 64 heavy (non-hydrogen) atoms. The van der Waals surface area contributed by atoms with E-state index in [1.807, 2.05) is 91.0 Å². The summed E-state index contributed by atoms with van der Waals surface area (Å²) in [6.45, 7) is 0. The van der Waals surface area contributed by atoms with Crippen molar-refractivity contribution in [2.24, 2.45) is 0 Å². The van der Waals surface area contributed by atoms with Crippen LogP contribution in [0.5, 0.6) is 0 Å². The summed E-state index contributed by atoms with van der Waals surface area (Å²) in [5.74, 6) is 0. The van der Waals surface area contributed by atoms with Crippen molar-refractivity contribution in [3.63, 3.8) is 0 Å². The van der Waals surface area contributed by atoms with Crippen LogP contribution in [0.15, 0.2) is 168 Å². The lowest BCUT2D eigenvalue weighted by molar-refractivity contribution is 0.669. The van der Waals surface area contributed by atoms with Gasteiger partial charge in [-0.2, -0.15) is 15.8 Å². The van der Waals surface area contributed by atoms with Crippen molar-refractivity contribution in [3.05, 3.63) is 192 Å². The van der Waals surface area contributed by atoms with Gasteiger partial charge in [0.1, 0.15) is 34.4 Å². The van der Waals surface area contributed by atoms with Crippen molar-refractivity contribution in [2.45, 2.75) is 12.8 Å². The molecule has 13 rings (SSSR count). The molecule has 0 unspecified atom stereocenters. The number of aryl methyl sites for hydroxylation is 1. The summed E-state index contributed by atoms with van der Waals surface area (Å²) in [7, 11) is 0. The van der Waals surface area contributed by atoms with Gasteiger partial charge in [0.2, 0.25) is 0 Å². The fourth-order valence-corrected chi connectivity index (χ4v) is 10.7. The van der Waals surface area contributed by atoms with E-state index in [1.54, 1.807) is 0 Å². The van der Waals surface area contributed by atoms with E-state index in [-0.39, 0.29) is 0 Å². The molecule has 0 saturated heterocycles. The zero-order valence-electron chi connectivity index (χ0n) is 34.2. The summed E-state index contributed by atoms with van der Waals surface area (Å²) in [5, 5.41) is 41.3. The molecule has 0 radical (unpaired) electrons. The number of nitriles is 3. The fraction of sp³-hybridized carbons (Fsp3) is 0.0351. The Labute approximate surface area is 366 Å². The second kappa shape index (κ2) is 13.5. The fourth-order valence-electron chi connectivity index (χ4n) is 10.7. The van der Waals surface area contributed by atoms with Crippen LogP contribution in [0.2, 0.25) is 0 Å². The SMILES string of the molecule is N#Cc1ccc(-c2c(-n3c4c(c5ccccc53)CCC=C4)c(C#N)c(-n3c4ccccc4c4c5c(ccc43)oc3ccccc35)c(C#N)c2-n2c3ccccc3c3ccccc32)cc1. The number of allylic oxidation sites excluding steroid dienone is 1. The van der Waals surface area contributed by atoms with Gasteiger partial charge in [0.15, 0.2) is 0 Å². The monoisotopic (exact) mass is 816 g/mol. The van der Waals surface area contributed by atoms with Crippen LogP contribution in [-0.4, -0.2) is 13.7 Å². The first-order chi connectivity index (χ1) is 31.7. The third-order valence-corrected chi connectivity index (χ3v) is 13.2. The number of nitrogens with zero attached hydrogens (tertiary/aromatic N) is 6. The first-order valence-corrected chi connectivity index (χ1v) is 21.3. The summed E-state index contributed by atoms with van der Waals surface area (Å²) >= 11 is 0. The highest BCUT2D eigenvalue weighted by molar-refractivity contribution is 6.27. The van der Waals surface area contributed by atoms with Crippen molar-refractivity contribution >= 4 is 82.5 Å². The molecule has 0 atom stereocenters. The van der Waals surface area contributed by atoms with Crippen molar-refractivity contribution in [1.29, 1.82) is 15.8 Å². The molecule has 1 aliphatic rings. The predicted octanol–water partition coefficient (Wildman–Crippen LogP) is 14.0. The van der Waals surface area contributed by atoms with Crippen molar-refractivity contribution in [3.8, 4) is 46.4 Å².